The van der Waals surface area contributed by atoms with E-state index in [-0.39, 0.29) is 6.42 Å². The monoisotopic (exact) mass is 788 g/mol. The lowest BCUT2D eigenvalue weighted by Crippen LogP contribution is -2.65. The Morgan fingerprint density at radius 2 is 1.15 bits per heavy atom. The molecule has 0 aromatic heterocycles. The maximum atomic E-state index is 15.4. The third-order valence-corrected chi connectivity index (χ3v) is 9.27. The van der Waals surface area contributed by atoms with Crippen LogP contribution in [-0.2, 0) is 28.4 Å². The van der Waals surface area contributed by atoms with Crippen LogP contribution in [0.15, 0.2) is 30.7 Å². The van der Waals surface area contributed by atoms with E-state index in [0.29, 0.717) is 0 Å². The van der Waals surface area contributed by atoms with E-state index in [2.05, 4.69) is 60.2 Å². The molecule has 0 unspecified atom stereocenters. The van der Waals surface area contributed by atoms with Gasteiger partial charge in [-0.15, -0.1) is 0 Å². The molecule has 3 heterocycles. The van der Waals surface area contributed by atoms with Crippen molar-refractivity contribution < 1.29 is 62.7 Å². The van der Waals surface area contributed by atoms with Crippen LogP contribution < -0.4 is 0 Å². The number of nitrogens with zero attached hydrogens (tertiary/aromatic N) is 18. The first kappa shape index (κ1) is 43.0. The molecule has 5 N–H and O–H groups in total. The molecule has 0 spiro atoms. The maximum absolute atomic E-state index is 15.4. The number of aliphatic hydroxyl groups excluding tert-OH is 5. The molecule has 0 radical (unpaired) electrons. The van der Waals surface area contributed by atoms with Crippen molar-refractivity contribution in [2.24, 2.45) is 30.7 Å². The topological polar surface area (TPSA) is 449 Å². The Morgan fingerprint density at radius 3 is 1.75 bits per heavy atom. The van der Waals surface area contributed by atoms with Gasteiger partial charge in [-0.2, -0.15) is 0 Å². The second kappa shape index (κ2) is 19.2. The van der Waals surface area contributed by atoms with Crippen LogP contribution in [-0.4, -0.2) is 155 Å². The first-order chi connectivity index (χ1) is 26.3. The van der Waals surface area contributed by atoms with E-state index in [1.54, 1.807) is 6.92 Å². The lowest BCUT2D eigenvalue weighted by Gasteiger charge is -2.47. The van der Waals surface area contributed by atoms with Gasteiger partial charge >= 0.3 is 0 Å². The van der Waals surface area contributed by atoms with Crippen LogP contribution in [0.4, 0.5) is 8.78 Å². The molecule has 4 rings (SSSR count). The van der Waals surface area contributed by atoms with Crippen molar-refractivity contribution in [3.8, 4) is 0 Å². The minimum Gasteiger partial charge on any atom is -0.390 e. The van der Waals surface area contributed by atoms with Crippen molar-refractivity contribution in [1.82, 2.24) is 0 Å². The summed E-state index contributed by atoms with van der Waals surface area (Å²) in [6, 6.07) is -7.17. The highest BCUT2D eigenvalue weighted by Gasteiger charge is 2.60. The lowest BCUT2D eigenvalue weighted by atomic mass is 9.84. The first-order valence-electron chi connectivity index (χ1n) is 16.2. The molecule has 29 nitrogen and oxygen atoms in total. The van der Waals surface area contributed by atoms with Gasteiger partial charge in [-0.05, 0) is 46.0 Å². The largest absolute Gasteiger partial charge is 0.390 e. The number of alkyl halides is 2. The summed E-state index contributed by atoms with van der Waals surface area (Å²) >= 11 is 0. The van der Waals surface area contributed by atoms with E-state index in [0.717, 1.165) is 0 Å². The summed E-state index contributed by atoms with van der Waals surface area (Å²) < 4.78 is 65.5. The molecule has 3 saturated heterocycles. The normalized spacial score (nSPS) is 42.1. The summed E-state index contributed by atoms with van der Waals surface area (Å²) in [6.07, 6.45) is -25.8. The third-order valence-electron chi connectivity index (χ3n) is 9.27. The second-order valence-corrected chi connectivity index (χ2v) is 12.4. The second-order valence-electron chi connectivity index (χ2n) is 12.4. The molecule has 300 valence electrons. The fourth-order valence-corrected chi connectivity index (χ4v) is 6.58. The molecule has 0 amide bonds. The number of halogens is 2. The summed E-state index contributed by atoms with van der Waals surface area (Å²) in [5, 5.41) is 74.2. The molecule has 4 aliphatic rings. The molecule has 55 heavy (non-hydrogen) atoms. The highest BCUT2D eigenvalue weighted by atomic mass is 19.3. The van der Waals surface area contributed by atoms with Gasteiger partial charge in [0, 0.05) is 29.5 Å². The van der Waals surface area contributed by atoms with Crippen molar-refractivity contribution in [3.63, 3.8) is 0 Å². The summed E-state index contributed by atoms with van der Waals surface area (Å²) in [4.78, 5) is 15.4. The molecular weight excluding hydrogens is 754 g/mol. The Kier molecular flexibility index (Phi) is 15.0. The van der Waals surface area contributed by atoms with Crippen LogP contribution in [0.25, 0.3) is 62.7 Å². The van der Waals surface area contributed by atoms with E-state index >= 15 is 8.78 Å². The fourth-order valence-electron chi connectivity index (χ4n) is 6.58. The van der Waals surface area contributed by atoms with Gasteiger partial charge in [-0.1, -0.05) is 37.6 Å². The molecule has 0 bridgehead atoms. The zero-order valence-electron chi connectivity index (χ0n) is 28.2. The van der Waals surface area contributed by atoms with Gasteiger partial charge in [0.15, 0.2) is 24.9 Å². The SMILES string of the molecule is CC[C@H]1O[C@@H](O[C@@H]2[C@@H](O)[C@H](N=[N+]=[N-])C[C@H](N=[N+]=[N-])[C@H]2O[C@H]2O[C@H](CN=[N+]=[N-])[C@@H](O)C(F)(F)[C@H]2N=[N+]=[N-])[C@H](O)[C@@H]1O[C@H]1O[C@@H](CN=[N+]=[N-])[C@@H](O)[C@H](O)[C@H]1N=[N+]=[N-]. The molecule has 1 aliphatic carbocycles. The van der Waals surface area contributed by atoms with E-state index in [1.165, 1.54) is 0 Å². The Labute approximate surface area is 305 Å². The van der Waals surface area contributed by atoms with Crippen molar-refractivity contribution in [1.29, 1.82) is 0 Å². The minimum absolute atomic E-state index is 0.0669. The Balaban J connectivity index is 1.69. The maximum Gasteiger partial charge on any atom is 0.289 e. The quantitative estimate of drug-likeness (QED) is 0.0906. The summed E-state index contributed by atoms with van der Waals surface area (Å²) in [5.41, 5.74) is 54.2. The molecule has 3 aliphatic heterocycles. The van der Waals surface area contributed by atoms with Crippen LogP contribution in [0.2, 0.25) is 0 Å². The zero-order valence-corrected chi connectivity index (χ0v) is 28.2. The van der Waals surface area contributed by atoms with Gasteiger partial charge in [-0.25, -0.2) is 8.78 Å². The van der Waals surface area contributed by atoms with Gasteiger partial charge in [-0.3, -0.25) is 0 Å². The van der Waals surface area contributed by atoms with Crippen LogP contribution >= 0.6 is 0 Å². The Morgan fingerprint density at radius 1 is 0.600 bits per heavy atom. The van der Waals surface area contributed by atoms with Crippen LogP contribution in [0.1, 0.15) is 19.8 Å². The van der Waals surface area contributed by atoms with Crippen molar-refractivity contribution in [2.75, 3.05) is 13.1 Å². The summed E-state index contributed by atoms with van der Waals surface area (Å²) in [7, 11) is 0. The van der Waals surface area contributed by atoms with Gasteiger partial charge in [0.25, 0.3) is 5.92 Å². The van der Waals surface area contributed by atoms with E-state index in [9.17, 15) is 36.6 Å². The standard InChI is InChI=1S/C24H34F2N18O11/c1-2-8-17(54-21-11(37-43-31)14(47)13(46)9(51-21)4-33-39-27)15(48)22(50-8)55-18-12(45)6(35-41-29)3-7(36-42-30)16(18)53-23-19(38-44-32)24(25,26)20(49)10(52-23)5-34-40-28/h6-23,45-49H,2-5H2,1H3/t6-,7+,8-,9+,10-,11-,12+,13-,14-,15-,16-,17-,18-,19+,20-,21-,22+,23-/m1/s1. The summed E-state index contributed by atoms with van der Waals surface area (Å²) in [6.45, 7) is 0.240. The molecule has 0 aromatic rings. The minimum atomic E-state index is -4.28. The third kappa shape index (κ3) is 9.22. The van der Waals surface area contributed by atoms with E-state index < -0.39 is 136 Å². The number of azide groups is 6. The van der Waals surface area contributed by atoms with Gasteiger partial charge in [0.1, 0.15) is 36.6 Å². The van der Waals surface area contributed by atoms with Gasteiger partial charge < -0.3 is 54.0 Å². The summed E-state index contributed by atoms with van der Waals surface area (Å²) in [5.74, 6) is -4.28. The average Bonchev–Trinajstić information content (AvgIpc) is 3.46. The average molecular weight is 789 g/mol. The van der Waals surface area contributed by atoms with Crippen LogP contribution in [0.5, 0.6) is 0 Å². The highest BCUT2D eigenvalue weighted by Crippen LogP contribution is 2.41. The number of rotatable bonds is 15. The molecule has 4 fully saturated rings. The Bertz CT molecular complexity index is 1650. The Hall–Kier alpha value is -4.72. The van der Waals surface area contributed by atoms with Gasteiger partial charge in [0.05, 0.1) is 61.8 Å². The predicted molar refractivity (Wildman–Crippen MR) is 170 cm³/mol. The number of aliphatic hydroxyl groups is 5. The number of hydrogen-bond acceptors (Lipinski definition) is 17. The molecular formula is C24H34F2N18O11. The zero-order chi connectivity index (χ0) is 40.4. The first-order valence-corrected chi connectivity index (χ1v) is 16.2. The molecule has 18 atom stereocenters. The number of ether oxygens (including phenoxy) is 6. The van der Waals surface area contributed by atoms with Gasteiger partial charge in [0.2, 0.25) is 0 Å². The van der Waals surface area contributed by atoms with Crippen molar-refractivity contribution in [3.05, 3.63) is 62.7 Å². The lowest BCUT2D eigenvalue weighted by molar-refractivity contribution is -0.330. The smallest absolute Gasteiger partial charge is 0.289 e. The predicted octanol–water partition coefficient (Wildman–Crippen LogP) is 1.91. The fraction of sp³-hybridized carbons (Fsp3) is 1.00. The van der Waals surface area contributed by atoms with Crippen LogP contribution in [0, 0.1) is 0 Å². The van der Waals surface area contributed by atoms with Crippen LogP contribution in [0.3, 0.4) is 0 Å². The molecule has 0 aromatic carbocycles. The van der Waals surface area contributed by atoms with Crippen molar-refractivity contribution >= 4 is 0 Å². The van der Waals surface area contributed by atoms with Crippen molar-refractivity contribution in [2.45, 2.75) is 136 Å². The van der Waals surface area contributed by atoms with E-state index in [1.807, 2.05) is 0 Å². The highest BCUT2D eigenvalue weighted by molar-refractivity contribution is 5.06. The molecule has 1 saturated carbocycles. The molecule has 31 heteroatoms. The van der Waals surface area contributed by atoms with E-state index in [4.69, 9.17) is 50.5 Å². The number of hydrogen-bond donors (Lipinski definition) is 5.